The summed E-state index contributed by atoms with van der Waals surface area (Å²) >= 11 is 0. The lowest BCUT2D eigenvalue weighted by Crippen LogP contribution is -2.34. The normalized spacial score (nSPS) is 10.8. The van der Waals surface area contributed by atoms with Crippen molar-refractivity contribution in [2.45, 2.75) is 33.4 Å². The van der Waals surface area contributed by atoms with Gasteiger partial charge >= 0.3 is 0 Å². The fourth-order valence-corrected chi connectivity index (χ4v) is 2.78. The molecule has 0 aromatic heterocycles. The molecule has 0 aliphatic carbocycles. The number of hydrogen-bond acceptors (Lipinski definition) is 2. The van der Waals surface area contributed by atoms with E-state index in [1.807, 2.05) is 36.1 Å². The Labute approximate surface area is 145 Å². The van der Waals surface area contributed by atoms with E-state index in [1.54, 1.807) is 0 Å². The number of amides is 1. The van der Waals surface area contributed by atoms with Gasteiger partial charge in [0.25, 0.3) is 0 Å². The van der Waals surface area contributed by atoms with Crippen molar-refractivity contribution in [2.24, 2.45) is 0 Å². The van der Waals surface area contributed by atoms with E-state index in [9.17, 15) is 4.79 Å². The minimum atomic E-state index is 0.230. The van der Waals surface area contributed by atoms with Crippen molar-refractivity contribution in [3.63, 3.8) is 0 Å². The second kappa shape index (κ2) is 9.89. The summed E-state index contributed by atoms with van der Waals surface area (Å²) < 4.78 is 0. The van der Waals surface area contributed by atoms with Gasteiger partial charge in [-0.25, -0.2) is 0 Å². The maximum atomic E-state index is 12.6. The van der Waals surface area contributed by atoms with Crippen LogP contribution in [0.3, 0.4) is 0 Å². The van der Waals surface area contributed by atoms with Crippen molar-refractivity contribution < 1.29 is 4.79 Å². The Kier molecular flexibility index (Phi) is 7.50. The van der Waals surface area contributed by atoms with E-state index in [-0.39, 0.29) is 5.91 Å². The molecule has 2 aromatic carbocycles. The van der Waals surface area contributed by atoms with Gasteiger partial charge in [0.1, 0.15) is 0 Å². The lowest BCUT2D eigenvalue weighted by molar-refractivity contribution is -0.132. The van der Waals surface area contributed by atoms with Crippen LogP contribution in [0.2, 0.25) is 0 Å². The summed E-state index contributed by atoms with van der Waals surface area (Å²) in [6.45, 7) is 8.29. The summed E-state index contributed by atoms with van der Waals surface area (Å²) in [4.78, 5) is 16.8. The fourth-order valence-electron chi connectivity index (χ4n) is 2.78. The molecule has 1 amide bonds. The van der Waals surface area contributed by atoms with E-state index in [4.69, 9.17) is 0 Å². The van der Waals surface area contributed by atoms with Gasteiger partial charge in [-0.3, -0.25) is 9.69 Å². The van der Waals surface area contributed by atoms with Gasteiger partial charge < -0.3 is 4.90 Å². The largest absolute Gasteiger partial charge is 0.339 e. The molecular formula is C21H28N2O. The molecule has 128 valence electrons. The fraction of sp³-hybridized carbons (Fsp3) is 0.381. The van der Waals surface area contributed by atoms with Gasteiger partial charge in [-0.2, -0.15) is 0 Å². The number of nitrogens with zero attached hydrogens (tertiary/aromatic N) is 2. The van der Waals surface area contributed by atoms with Gasteiger partial charge in [0.2, 0.25) is 5.91 Å². The Balaban J connectivity index is 1.85. The topological polar surface area (TPSA) is 23.6 Å². The van der Waals surface area contributed by atoms with Gasteiger partial charge in [-0.15, -0.1) is 0 Å². The van der Waals surface area contributed by atoms with Crippen molar-refractivity contribution in [3.05, 3.63) is 71.8 Å². The molecule has 0 unspecified atom stereocenters. The first-order chi connectivity index (χ1) is 11.7. The molecule has 0 spiro atoms. The third kappa shape index (κ3) is 5.82. The Morgan fingerprint density at radius 3 is 1.83 bits per heavy atom. The molecule has 2 aromatic rings. The third-order valence-electron chi connectivity index (χ3n) is 4.29. The predicted octanol–water partition coefficient (Wildman–Crippen LogP) is 3.95. The Hall–Kier alpha value is -2.13. The molecule has 0 bridgehead atoms. The van der Waals surface area contributed by atoms with Crippen molar-refractivity contribution in [3.8, 4) is 0 Å². The number of carbonyl (C=O) groups excluding carboxylic acids is 1. The van der Waals surface area contributed by atoms with Crippen molar-refractivity contribution in [1.82, 2.24) is 9.80 Å². The standard InChI is InChI=1S/C21H28N2O/c1-3-22(17-19-11-7-5-8-12-19)16-15-21(24)23(4-2)18-20-13-9-6-10-14-20/h5-14H,3-4,15-18H2,1-2H3. The summed E-state index contributed by atoms with van der Waals surface area (Å²) in [5.41, 5.74) is 2.48. The number of carbonyl (C=O) groups is 1. The molecule has 0 saturated carbocycles. The second-order valence-electron chi connectivity index (χ2n) is 6.00. The van der Waals surface area contributed by atoms with E-state index in [0.29, 0.717) is 13.0 Å². The highest BCUT2D eigenvalue weighted by Gasteiger charge is 2.14. The van der Waals surface area contributed by atoms with Crippen molar-refractivity contribution in [2.75, 3.05) is 19.6 Å². The van der Waals surface area contributed by atoms with E-state index < -0.39 is 0 Å². The molecule has 24 heavy (non-hydrogen) atoms. The summed E-state index contributed by atoms with van der Waals surface area (Å²) in [6.07, 6.45) is 0.571. The highest BCUT2D eigenvalue weighted by Crippen LogP contribution is 2.08. The Morgan fingerprint density at radius 2 is 1.33 bits per heavy atom. The van der Waals surface area contributed by atoms with Crippen LogP contribution in [0, 0.1) is 0 Å². The molecule has 3 nitrogen and oxygen atoms in total. The second-order valence-corrected chi connectivity index (χ2v) is 6.00. The molecule has 0 aliphatic heterocycles. The zero-order chi connectivity index (χ0) is 17.2. The van der Waals surface area contributed by atoms with Gasteiger partial charge in [0.15, 0.2) is 0 Å². The zero-order valence-electron chi connectivity index (χ0n) is 14.8. The van der Waals surface area contributed by atoms with Crippen LogP contribution in [0.4, 0.5) is 0 Å². The van der Waals surface area contributed by atoms with Gasteiger partial charge in [-0.05, 0) is 24.6 Å². The molecule has 2 rings (SSSR count). The maximum Gasteiger partial charge on any atom is 0.224 e. The molecule has 0 radical (unpaired) electrons. The molecule has 0 fully saturated rings. The minimum Gasteiger partial charge on any atom is -0.339 e. The van der Waals surface area contributed by atoms with Crippen molar-refractivity contribution >= 4 is 5.91 Å². The molecule has 3 heteroatoms. The summed E-state index contributed by atoms with van der Waals surface area (Å²) in [7, 11) is 0. The summed E-state index contributed by atoms with van der Waals surface area (Å²) in [5.74, 6) is 0.230. The molecular weight excluding hydrogens is 296 g/mol. The monoisotopic (exact) mass is 324 g/mol. The van der Waals surface area contributed by atoms with E-state index in [0.717, 1.165) is 26.2 Å². The van der Waals surface area contributed by atoms with Crippen LogP contribution in [0.5, 0.6) is 0 Å². The van der Waals surface area contributed by atoms with E-state index in [2.05, 4.69) is 48.2 Å². The number of benzene rings is 2. The predicted molar refractivity (Wildman–Crippen MR) is 99.5 cm³/mol. The molecule has 0 heterocycles. The Bertz CT molecular complexity index is 598. The van der Waals surface area contributed by atoms with Crippen LogP contribution < -0.4 is 0 Å². The third-order valence-corrected chi connectivity index (χ3v) is 4.29. The zero-order valence-corrected chi connectivity index (χ0v) is 14.8. The maximum absolute atomic E-state index is 12.6. The lowest BCUT2D eigenvalue weighted by Gasteiger charge is -2.24. The van der Waals surface area contributed by atoms with Gasteiger partial charge in [0.05, 0.1) is 0 Å². The lowest BCUT2D eigenvalue weighted by atomic mass is 10.2. The highest BCUT2D eigenvalue weighted by atomic mass is 16.2. The molecule has 0 saturated heterocycles. The first-order valence-corrected chi connectivity index (χ1v) is 8.81. The molecule has 0 atom stereocenters. The van der Waals surface area contributed by atoms with Crippen LogP contribution in [-0.2, 0) is 17.9 Å². The minimum absolute atomic E-state index is 0.230. The first kappa shape index (κ1) is 18.2. The van der Waals surface area contributed by atoms with Crippen LogP contribution in [0.25, 0.3) is 0 Å². The van der Waals surface area contributed by atoms with Crippen LogP contribution in [0.15, 0.2) is 60.7 Å². The average Bonchev–Trinajstić information content (AvgIpc) is 2.64. The van der Waals surface area contributed by atoms with Crippen LogP contribution in [0.1, 0.15) is 31.4 Å². The summed E-state index contributed by atoms with van der Waals surface area (Å²) in [6, 6.07) is 20.6. The average molecular weight is 324 g/mol. The van der Waals surface area contributed by atoms with Crippen LogP contribution in [-0.4, -0.2) is 35.3 Å². The first-order valence-electron chi connectivity index (χ1n) is 8.81. The highest BCUT2D eigenvalue weighted by molar-refractivity contribution is 5.76. The van der Waals surface area contributed by atoms with Gasteiger partial charge in [0, 0.05) is 32.6 Å². The SMILES string of the molecule is CCN(CCC(=O)N(CC)Cc1ccccc1)Cc1ccccc1. The summed E-state index contributed by atoms with van der Waals surface area (Å²) in [5, 5.41) is 0. The molecule has 0 aliphatic rings. The quantitative estimate of drug-likeness (QED) is 0.697. The van der Waals surface area contributed by atoms with Crippen LogP contribution >= 0.6 is 0 Å². The van der Waals surface area contributed by atoms with E-state index >= 15 is 0 Å². The van der Waals surface area contributed by atoms with Crippen molar-refractivity contribution in [1.29, 1.82) is 0 Å². The van der Waals surface area contributed by atoms with E-state index in [1.165, 1.54) is 11.1 Å². The van der Waals surface area contributed by atoms with Gasteiger partial charge in [-0.1, -0.05) is 67.6 Å². The number of hydrogen-bond donors (Lipinski definition) is 0. The number of rotatable bonds is 9. The Morgan fingerprint density at radius 1 is 0.792 bits per heavy atom. The molecule has 0 N–H and O–H groups in total. The smallest absolute Gasteiger partial charge is 0.224 e.